The fourth-order valence-electron chi connectivity index (χ4n) is 1.96. The summed E-state index contributed by atoms with van der Waals surface area (Å²) in [6, 6.07) is 9.85. The molecular formula is C15H12F6N2. The lowest BCUT2D eigenvalue weighted by molar-refractivity contribution is -0.141. The maximum absolute atomic E-state index is 12.9. The second kappa shape index (κ2) is 6.49. The van der Waals surface area contributed by atoms with E-state index in [1.54, 1.807) is 30.3 Å². The lowest BCUT2D eigenvalue weighted by Gasteiger charge is -2.17. The van der Waals surface area contributed by atoms with Crippen LogP contribution in [-0.4, -0.2) is 0 Å². The Morgan fingerprint density at radius 2 is 1.43 bits per heavy atom. The van der Waals surface area contributed by atoms with Gasteiger partial charge in [-0.15, -0.1) is 0 Å². The van der Waals surface area contributed by atoms with Crippen LogP contribution in [0.4, 0.5) is 32.0 Å². The van der Waals surface area contributed by atoms with Crippen molar-refractivity contribution >= 4 is 5.69 Å². The highest BCUT2D eigenvalue weighted by molar-refractivity contribution is 5.42. The van der Waals surface area contributed by atoms with Crippen molar-refractivity contribution < 1.29 is 26.3 Å². The monoisotopic (exact) mass is 334 g/mol. The van der Waals surface area contributed by atoms with E-state index < -0.39 is 35.6 Å². The highest BCUT2D eigenvalue weighted by atomic mass is 19.4. The molecular weight excluding hydrogens is 322 g/mol. The quantitative estimate of drug-likeness (QED) is 0.617. The average Bonchev–Trinajstić information content (AvgIpc) is 2.46. The molecule has 23 heavy (non-hydrogen) atoms. The number of para-hydroxylation sites is 1. The molecule has 2 N–H and O–H groups in total. The van der Waals surface area contributed by atoms with Gasteiger partial charge in [-0.25, -0.2) is 5.43 Å². The Labute approximate surface area is 128 Å². The van der Waals surface area contributed by atoms with Crippen LogP contribution in [-0.2, 0) is 18.9 Å². The van der Waals surface area contributed by atoms with E-state index in [1.807, 2.05) is 0 Å². The number of anilines is 1. The van der Waals surface area contributed by atoms with E-state index >= 15 is 0 Å². The highest BCUT2D eigenvalue weighted by Crippen LogP contribution is 2.36. The van der Waals surface area contributed by atoms with E-state index in [0.29, 0.717) is 23.9 Å². The zero-order chi connectivity index (χ0) is 17.1. The van der Waals surface area contributed by atoms with Crippen LogP contribution in [0.5, 0.6) is 0 Å². The molecule has 0 heterocycles. The number of benzene rings is 2. The van der Waals surface area contributed by atoms with Gasteiger partial charge in [0.05, 0.1) is 11.1 Å². The predicted octanol–water partition coefficient (Wildman–Crippen LogP) is 4.84. The van der Waals surface area contributed by atoms with Gasteiger partial charge in [-0.05, 0) is 35.9 Å². The number of rotatable bonds is 4. The molecule has 0 amide bonds. The molecule has 0 aliphatic heterocycles. The van der Waals surface area contributed by atoms with Crippen molar-refractivity contribution in [2.45, 2.75) is 18.9 Å². The first-order valence-electron chi connectivity index (χ1n) is 6.49. The standard InChI is InChI=1S/C15H12F6N2/c16-14(17,18)11-6-7-13(15(19,20)21)10(8-11)9-22-23-12-4-2-1-3-5-12/h1-8,22-23H,9H2. The Balaban J connectivity index is 2.20. The van der Waals surface area contributed by atoms with E-state index in [0.717, 1.165) is 0 Å². The summed E-state index contributed by atoms with van der Waals surface area (Å²) in [4.78, 5) is 0. The van der Waals surface area contributed by atoms with Gasteiger partial charge in [0.1, 0.15) is 0 Å². The van der Waals surface area contributed by atoms with Crippen LogP contribution >= 0.6 is 0 Å². The van der Waals surface area contributed by atoms with Gasteiger partial charge < -0.3 is 5.43 Å². The van der Waals surface area contributed by atoms with Crippen molar-refractivity contribution in [2.24, 2.45) is 0 Å². The Bertz CT molecular complexity index is 649. The lowest BCUT2D eigenvalue weighted by atomic mass is 10.0. The van der Waals surface area contributed by atoms with Gasteiger partial charge in [-0.3, -0.25) is 0 Å². The third kappa shape index (κ3) is 4.62. The maximum atomic E-state index is 12.9. The fraction of sp³-hybridized carbons (Fsp3) is 0.200. The van der Waals surface area contributed by atoms with E-state index in [-0.39, 0.29) is 0 Å². The van der Waals surface area contributed by atoms with Crippen LogP contribution in [0, 0.1) is 0 Å². The minimum Gasteiger partial charge on any atom is -0.321 e. The van der Waals surface area contributed by atoms with Crippen LogP contribution in [0.25, 0.3) is 0 Å². The summed E-state index contributed by atoms with van der Waals surface area (Å²) in [6.07, 6.45) is -9.43. The summed E-state index contributed by atoms with van der Waals surface area (Å²) in [7, 11) is 0. The lowest BCUT2D eigenvalue weighted by Crippen LogP contribution is -2.23. The maximum Gasteiger partial charge on any atom is 0.416 e. The van der Waals surface area contributed by atoms with Crippen LogP contribution in [0.2, 0.25) is 0 Å². The third-order valence-electron chi connectivity index (χ3n) is 3.02. The number of hydrazine groups is 1. The minimum atomic E-state index is -4.73. The van der Waals surface area contributed by atoms with E-state index in [2.05, 4.69) is 10.9 Å². The summed E-state index contributed by atoms with van der Waals surface area (Å²) in [5.41, 5.74) is 2.98. The van der Waals surface area contributed by atoms with E-state index in [1.165, 1.54) is 0 Å². The van der Waals surface area contributed by atoms with Gasteiger partial charge in [0.15, 0.2) is 0 Å². The molecule has 0 saturated carbocycles. The molecule has 0 saturated heterocycles. The van der Waals surface area contributed by atoms with Crippen LogP contribution in [0.3, 0.4) is 0 Å². The number of hydrogen-bond acceptors (Lipinski definition) is 2. The number of hydrogen-bond donors (Lipinski definition) is 2. The van der Waals surface area contributed by atoms with E-state index in [4.69, 9.17) is 0 Å². The molecule has 0 aromatic heterocycles. The summed E-state index contributed by atoms with van der Waals surface area (Å²) in [5, 5.41) is 0. The highest BCUT2D eigenvalue weighted by Gasteiger charge is 2.36. The molecule has 8 heteroatoms. The third-order valence-corrected chi connectivity index (χ3v) is 3.02. The minimum absolute atomic E-state index is 0.423. The molecule has 2 nitrogen and oxygen atoms in total. The first-order chi connectivity index (χ1) is 10.7. The predicted molar refractivity (Wildman–Crippen MR) is 73.4 cm³/mol. The van der Waals surface area contributed by atoms with Crippen molar-refractivity contribution in [3.05, 3.63) is 65.2 Å². The zero-order valence-electron chi connectivity index (χ0n) is 11.6. The van der Waals surface area contributed by atoms with Gasteiger partial charge in [0, 0.05) is 12.2 Å². The number of alkyl halides is 6. The Hall–Kier alpha value is -2.22. The first kappa shape index (κ1) is 17.1. The molecule has 2 aromatic carbocycles. The van der Waals surface area contributed by atoms with Gasteiger partial charge in [-0.1, -0.05) is 18.2 Å². The second-order valence-corrected chi connectivity index (χ2v) is 4.71. The fourth-order valence-corrected chi connectivity index (χ4v) is 1.96. The van der Waals surface area contributed by atoms with Gasteiger partial charge in [0.2, 0.25) is 0 Å². The Morgan fingerprint density at radius 3 is 2.00 bits per heavy atom. The summed E-state index contributed by atoms with van der Waals surface area (Å²) in [6.45, 7) is -0.423. The number of halogens is 6. The van der Waals surface area contributed by atoms with Crippen LogP contribution < -0.4 is 10.9 Å². The second-order valence-electron chi connectivity index (χ2n) is 4.71. The summed E-state index contributed by atoms with van der Waals surface area (Å²) >= 11 is 0. The molecule has 124 valence electrons. The molecule has 0 bridgehead atoms. The largest absolute Gasteiger partial charge is 0.416 e. The van der Waals surface area contributed by atoms with Gasteiger partial charge in [0.25, 0.3) is 0 Å². The summed E-state index contributed by atoms with van der Waals surface area (Å²) < 4.78 is 76.7. The molecule has 0 spiro atoms. The molecule has 0 unspecified atom stereocenters. The molecule has 0 atom stereocenters. The Morgan fingerprint density at radius 1 is 0.783 bits per heavy atom. The molecule has 0 aliphatic rings. The smallest absolute Gasteiger partial charge is 0.321 e. The van der Waals surface area contributed by atoms with Crippen molar-refractivity contribution in [1.82, 2.24) is 5.43 Å². The van der Waals surface area contributed by atoms with Gasteiger partial charge in [-0.2, -0.15) is 26.3 Å². The van der Waals surface area contributed by atoms with Crippen molar-refractivity contribution in [1.29, 1.82) is 0 Å². The zero-order valence-corrected chi connectivity index (χ0v) is 11.6. The average molecular weight is 334 g/mol. The topological polar surface area (TPSA) is 24.1 Å². The number of nitrogens with one attached hydrogen (secondary N) is 2. The molecule has 0 radical (unpaired) electrons. The molecule has 0 aliphatic carbocycles. The first-order valence-corrected chi connectivity index (χ1v) is 6.49. The van der Waals surface area contributed by atoms with Crippen molar-refractivity contribution in [2.75, 3.05) is 5.43 Å². The van der Waals surface area contributed by atoms with Crippen LogP contribution in [0.1, 0.15) is 16.7 Å². The Kier molecular flexibility index (Phi) is 4.84. The summed E-state index contributed by atoms with van der Waals surface area (Å²) in [5.74, 6) is 0. The van der Waals surface area contributed by atoms with E-state index in [9.17, 15) is 26.3 Å². The SMILES string of the molecule is FC(F)(F)c1ccc(C(F)(F)F)c(CNNc2ccccc2)c1. The van der Waals surface area contributed by atoms with Gasteiger partial charge >= 0.3 is 12.4 Å². The van der Waals surface area contributed by atoms with Crippen molar-refractivity contribution in [3.63, 3.8) is 0 Å². The molecule has 2 rings (SSSR count). The molecule has 2 aromatic rings. The van der Waals surface area contributed by atoms with Crippen molar-refractivity contribution in [3.8, 4) is 0 Å². The van der Waals surface area contributed by atoms with Crippen LogP contribution in [0.15, 0.2) is 48.5 Å². The molecule has 0 fully saturated rings. The normalized spacial score (nSPS) is 12.3.